The number of nitrogens with one attached hydrogen (secondary N) is 1. The predicted octanol–water partition coefficient (Wildman–Crippen LogP) is 4.50. The van der Waals surface area contributed by atoms with E-state index in [0.717, 1.165) is 5.69 Å². The van der Waals surface area contributed by atoms with Crippen molar-refractivity contribution in [2.24, 2.45) is 0 Å². The first-order valence-corrected chi connectivity index (χ1v) is 9.81. The van der Waals surface area contributed by atoms with E-state index >= 15 is 0 Å². The van der Waals surface area contributed by atoms with Crippen molar-refractivity contribution in [3.63, 3.8) is 0 Å². The Morgan fingerprint density at radius 1 is 1.14 bits per heavy atom. The molecule has 0 spiro atoms. The minimum atomic E-state index is -0.285. The highest BCUT2D eigenvalue weighted by Gasteiger charge is 2.18. The maximum atomic E-state index is 12.5. The van der Waals surface area contributed by atoms with Crippen LogP contribution in [-0.2, 0) is 9.53 Å². The molecule has 0 bridgehead atoms. The van der Waals surface area contributed by atoms with E-state index in [1.807, 2.05) is 12.1 Å². The van der Waals surface area contributed by atoms with Crippen LogP contribution in [0, 0.1) is 0 Å². The zero-order valence-corrected chi connectivity index (χ0v) is 17.7. The van der Waals surface area contributed by atoms with Gasteiger partial charge in [0.05, 0.1) is 48.9 Å². The van der Waals surface area contributed by atoms with Crippen LogP contribution in [0.1, 0.15) is 5.56 Å². The van der Waals surface area contributed by atoms with Gasteiger partial charge in [-0.2, -0.15) is 0 Å². The van der Waals surface area contributed by atoms with E-state index < -0.39 is 0 Å². The van der Waals surface area contributed by atoms with E-state index in [4.69, 9.17) is 37.4 Å². The van der Waals surface area contributed by atoms with Crippen LogP contribution in [0.3, 0.4) is 0 Å². The summed E-state index contributed by atoms with van der Waals surface area (Å²) in [6.07, 6.45) is 3.09. The number of hydrogen-bond donors (Lipinski definition) is 1. The Labute approximate surface area is 179 Å². The van der Waals surface area contributed by atoms with Crippen LogP contribution in [0.15, 0.2) is 36.4 Å². The third-order valence-electron chi connectivity index (χ3n) is 4.46. The second-order valence-electron chi connectivity index (χ2n) is 6.30. The first-order chi connectivity index (χ1) is 14.0. The fourth-order valence-electron chi connectivity index (χ4n) is 3.10. The summed E-state index contributed by atoms with van der Waals surface area (Å²) in [6, 6.07) is 8.89. The van der Waals surface area contributed by atoms with Crippen molar-refractivity contribution in [1.29, 1.82) is 0 Å². The van der Waals surface area contributed by atoms with Gasteiger partial charge in [-0.25, -0.2) is 0 Å². The Balaban J connectivity index is 1.78. The van der Waals surface area contributed by atoms with Gasteiger partial charge in [0.2, 0.25) is 5.91 Å². The number of hydrogen-bond acceptors (Lipinski definition) is 5. The average molecular weight is 437 g/mol. The fraction of sp³-hybridized carbons (Fsp3) is 0.286. The largest absolute Gasteiger partial charge is 0.493 e. The molecule has 3 rings (SSSR count). The molecule has 0 unspecified atom stereocenters. The molecule has 0 atom stereocenters. The summed E-state index contributed by atoms with van der Waals surface area (Å²) in [5, 5.41) is 3.89. The lowest BCUT2D eigenvalue weighted by atomic mass is 10.1. The number of halogens is 2. The van der Waals surface area contributed by atoms with Gasteiger partial charge in [-0.15, -0.1) is 0 Å². The highest BCUT2D eigenvalue weighted by atomic mass is 35.5. The van der Waals surface area contributed by atoms with Crippen LogP contribution in [0.4, 0.5) is 11.4 Å². The summed E-state index contributed by atoms with van der Waals surface area (Å²) in [7, 11) is 3.05. The molecule has 154 valence electrons. The molecule has 1 heterocycles. The summed E-state index contributed by atoms with van der Waals surface area (Å²) < 4.78 is 15.9. The van der Waals surface area contributed by atoms with Gasteiger partial charge >= 0.3 is 0 Å². The maximum Gasteiger partial charge on any atom is 0.248 e. The Morgan fingerprint density at radius 3 is 2.59 bits per heavy atom. The van der Waals surface area contributed by atoms with Crippen LogP contribution < -0.4 is 19.7 Å². The quantitative estimate of drug-likeness (QED) is 0.675. The van der Waals surface area contributed by atoms with Gasteiger partial charge in [0.15, 0.2) is 11.5 Å². The van der Waals surface area contributed by atoms with Gasteiger partial charge < -0.3 is 24.4 Å². The van der Waals surface area contributed by atoms with Gasteiger partial charge in [-0.3, -0.25) is 4.79 Å². The van der Waals surface area contributed by atoms with Crippen LogP contribution in [0.5, 0.6) is 11.5 Å². The number of methoxy groups -OCH3 is 2. The molecule has 1 N–H and O–H groups in total. The number of benzene rings is 2. The molecule has 1 aliphatic heterocycles. The average Bonchev–Trinajstić information content (AvgIpc) is 2.72. The molecule has 0 aromatic heterocycles. The molecule has 1 saturated heterocycles. The molecule has 0 saturated carbocycles. The van der Waals surface area contributed by atoms with Gasteiger partial charge in [0, 0.05) is 19.2 Å². The molecule has 8 heteroatoms. The Morgan fingerprint density at radius 2 is 1.90 bits per heavy atom. The van der Waals surface area contributed by atoms with E-state index in [2.05, 4.69) is 10.2 Å². The Bertz CT molecular complexity index is 912. The lowest BCUT2D eigenvalue weighted by molar-refractivity contribution is -0.111. The molecular weight excluding hydrogens is 415 g/mol. The highest BCUT2D eigenvalue weighted by molar-refractivity contribution is 6.34. The van der Waals surface area contributed by atoms with Crippen molar-refractivity contribution >= 4 is 46.6 Å². The lowest BCUT2D eigenvalue weighted by Gasteiger charge is -2.31. The number of para-hydroxylation sites is 1. The van der Waals surface area contributed by atoms with Gasteiger partial charge in [0.25, 0.3) is 0 Å². The zero-order valence-electron chi connectivity index (χ0n) is 16.2. The van der Waals surface area contributed by atoms with Crippen LogP contribution in [-0.4, -0.2) is 46.4 Å². The Kier molecular flexibility index (Phi) is 7.25. The summed E-state index contributed by atoms with van der Waals surface area (Å²) in [5.41, 5.74) is 2.16. The molecule has 1 amide bonds. The molecule has 6 nitrogen and oxygen atoms in total. The predicted molar refractivity (Wildman–Crippen MR) is 117 cm³/mol. The summed E-state index contributed by atoms with van der Waals surface area (Å²) in [6.45, 7) is 2.68. The van der Waals surface area contributed by atoms with E-state index in [9.17, 15) is 4.79 Å². The number of morpholine rings is 1. The number of anilines is 2. The Hall–Kier alpha value is -2.41. The van der Waals surface area contributed by atoms with Crippen molar-refractivity contribution in [3.05, 3.63) is 52.0 Å². The highest BCUT2D eigenvalue weighted by Crippen LogP contribution is 2.37. The minimum Gasteiger partial charge on any atom is -0.493 e. The van der Waals surface area contributed by atoms with Crippen LogP contribution >= 0.6 is 23.2 Å². The van der Waals surface area contributed by atoms with E-state index in [0.29, 0.717) is 59.1 Å². The SMILES string of the molecule is COc1cc(/C=C/C(=O)Nc2cccc(Cl)c2N2CCOCC2)cc(Cl)c1OC. The third kappa shape index (κ3) is 5.15. The van der Waals surface area contributed by atoms with E-state index in [1.165, 1.54) is 20.3 Å². The summed E-state index contributed by atoms with van der Waals surface area (Å²) in [5.74, 6) is 0.655. The molecule has 1 fully saturated rings. The maximum absolute atomic E-state index is 12.5. The number of rotatable bonds is 6. The first-order valence-electron chi connectivity index (χ1n) is 9.05. The van der Waals surface area contributed by atoms with Crippen molar-refractivity contribution in [1.82, 2.24) is 0 Å². The molecule has 0 aliphatic carbocycles. The second kappa shape index (κ2) is 9.87. The third-order valence-corrected chi connectivity index (χ3v) is 5.04. The molecular formula is C21H22Cl2N2O4. The monoisotopic (exact) mass is 436 g/mol. The van der Waals surface area contributed by atoms with Crippen LogP contribution in [0.25, 0.3) is 6.08 Å². The van der Waals surface area contributed by atoms with Gasteiger partial charge in [-0.1, -0.05) is 29.3 Å². The number of ether oxygens (including phenoxy) is 3. The number of carbonyl (C=O) groups is 1. The molecule has 1 aliphatic rings. The molecule has 2 aromatic rings. The number of carbonyl (C=O) groups excluding carboxylic acids is 1. The standard InChI is InChI=1S/C21H22Cl2N2O4/c1-27-18-13-14(12-16(23)21(18)28-2)6-7-19(26)24-17-5-3-4-15(22)20(17)25-8-10-29-11-9-25/h3-7,12-13H,8-11H2,1-2H3,(H,24,26)/b7-6+. The van der Waals surface area contributed by atoms with Crippen LogP contribution in [0.2, 0.25) is 10.0 Å². The molecule has 29 heavy (non-hydrogen) atoms. The first kappa shape index (κ1) is 21.3. The fourth-order valence-corrected chi connectivity index (χ4v) is 3.70. The number of amides is 1. The van der Waals surface area contributed by atoms with Gasteiger partial charge in [-0.05, 0) is 35.9 Å². The van der Waals surface area contributed by atoms with Crippen molar-refractivity contribution in [2.45, 2.75) is 0 Å². The summed E-state index contributed by atoms with van der Waals surface area (Å²) in [4.78, 5) is 14.6. The number of nitrogens with zero attached hydrogens (tertiary/aromatic N) is 1. The van der Waals surface area contributed by atoms with E-state index in [-0.39, 0.29) is 5.91 Å². The topological polar surface area (TPSA) is 60.0 Å². The van der Waals surface area contributed by atoms with E-state index in [1.54, 1.807) is 24.3 Å². The smallest absolute Gasteiger partial charge is 0.248 e. The van der Waals surface area contributed by atoms with Crippen molar-refractivity contribution in [2.75, 3.05) is 50.7 Å². The minimum absolute atomic E-state index is 0.285. The summed E-state index contributed by atoms with van der Waals surface area (Å²) >= 11 is 12.6. The lowest BCUT2D eigenvalue weighted by Crippen LogP contribution is -2.37. The normalized spacial score (nSPS) is 14.1. The second-order valence-corrected chi connectivity index (χ2v) is 7.11. The van der Waals surface area contributed by atoms with Crippen molar-refractivity contribution < 1.29 is 19.0 Å². The molecule has 0 radical (unpaired) electrons. The van der Waals surface area contributed by atoms with Gasteiger partial charge in [0.1, 0.15) is 0 Å². The van der Waals surface area contributed by atoms with Crippen molar-refractivity contribution in [3.8, 4) is 11.5 Å². The zero-order chi connectivity index (χ0) is 20.8. The molecule has 2 aromatic carbocycles.